The van der Waals surface area contributed by atoms with Crippen molar-refractivity contribution in [3.8, 4) is 16.5 Å². The summed E-state index contributed by atoms with van der Waals surface area (Å²) < 4.78 is 10.7. The molecule has 21 heavy (non-hydrogen) atoms. The molecule has 0 spiro atoms. The maximum Gasteiger partial charge on any atom is 0.406 e. The molecule has 0 atom stereocenters. The lowest BCUT2D eigenvalue weighted by atomic mass is 10.4. The van der Waals surface area contributed by atoms with Crippen LogP contribution in [-0.2, 0) is 6.61 Å². The Bertz CT molecular complexity index is 754. The van der Waals surface area contributed by atoms with E-state index >= 15 is 0 Å². The summed E-state index contributed by atoms with van der Waals surface area (Å²) in [5.41, 5.74) is 0.552. The summed E-state index contributed by atoms with van der Waals surface area (Å²) in [7, 11) is 0. The smallest absolute Gasteiger partial charge is 0.406 e. The molecule has 0 bridgehead atoms. The Morgan fingerprint density at radius 3 is 3.05 bits per heavy atom. The van der Waals surface area contributed by atoms with Gasteiger partial charge in [0.15, 0.2) is 0 Å². The van der Waals surface area contributed by atoms with Gasteiger partial charge in [-0.05, 0) is 33.5 Å². The number of hydrogen-bond acceptors (Lipinski definition) is 7. The molecule has 8 heteroatoms. The van der Waals surface area contributed by atoms with Crippen LogP contribution in [0.5, 0.6) is 5.75 Å². The van der Waals surface area contributed by atoms with Crippen molar-refractivity contribution < 1.29 is 14.1 Å². The summed E-state index contributed by atoms with van der Waals surface area (Å²) in [6.45, 7) is 0.0708. The predicted molar refractivity (Wildman–Crippen MR) is 75.0 cm³/mol. The minimum atomic E-state index is -0.588. The van der Waals surface area contributed by atoms with Gasteiger partial charge >= 0.3 is 5.82 Å². The van der Waals surface area contributed by atoms with E-state index in [1.165, 1.54) is 29.9 Å². The molecule has 3 aromatic rings. The average Bonchev–Trinajstić information content (AvgIpc) is 3.16. The topological polar surface area (TPSA) is 91.3 Å². The molecule has 3 rings (SSSR count). The number of pyridine rings is 1. The first kappa shape index (κ1) is 13.3. The normalized spacial score (nSPS) is 10.5. The molecule has 106 valence electrons. The van der Waals surface area contributed by atoms with E-state index in [2.05, 4.69) is 9.97 Å². The van der Waals surface area contributed by atoms with Gasteiger partial charge in [-0.2, -0.15) is 0 Å². The zero-order valence-corrected chi connectivity index (χ0v) is 11.4. The van der Waals surface area contributed by atoms with Gasteiger partial charge in [0, 0.05) is 0 Å². The zero-order chi connectivity index (χ0) is 14.7. The lowest BCUT2D eigenvalue weighted by Crippen LogP contribution is -2.00. The number of rotatable bonds is 5. The fourth-order valence-electron chi connectivity index (χ4n) is 1.67. The molecular weight excluding hydrogens is 294 g/mol. The van der Waals surface area contributed by atoms with E-state index in [0.29, 0.717) is 11.6 Å². The van der Waals surface area contributed by atoms with Gasteiger partial charge in [-0.25, -0.2) is 4.98 Å². The average molecular weight is 303 g/mol. The van der Waals surface area contributed by atoms with Crippen molar-refractivity contribution >= 4 is 17.2 Å². The van der Waals surface area contributed by atoms with Gasteiger partial charge < -0.3 is 19.3 Å². The summed E-state index contributed by atoms with van der Waals surface area (Å²) in [5.74, 6) is 0.284. The third-order valence-corrected chi connectivity index (χ3v) is 3.44. The van der Waals surface area contributed by atoms with E-state index < -0.39 is 4.92 Å². The van der Waals surface area contributed by atoms with Crippen LogP contribution in [0.25, 0.3) is 10.8 Å². The van der Waals surface area contributed by atoms with Crippen molar-refractivity contribution in [3.63, 3.8) is 0 Å². The number of aromatic nitrogens is 2. The van der Waals surface area contributed by atoms with Crippen LogP contribution in [0.1, 0.15) is 5.69 Å². The molecular formula is C13H9N3O4S. The number of hydrogen-bond donors (Lipinski definition) is 0. The fraction of sp³-hybridized carbons (Fsp3) is 0.0769. The third-order valence-electron chi connectivity index (χ3n) is 2.58. The Kier molecular flexibility index (Phi) is 3.61. The summed E-state index contributed by atoms with van der Waals surface area (Å²) >= 11 is 1.51. The fourth-order valence-corrected chi connectivity index (χ4v) is 2.33. The molecule has 0 aromatic carbocycles. The number of nitro groups is 1. The molecule has 3 heterocycles. The minimum absolute atomic E-state index is 0.0708. The number of oxazole rings is 1. The summed E-state index contributed by atoms with van der Waals surface area (Å²) in [6, 6.07) is 6.86. The van der Waals surface area contributed by atoms with Crippen molar-refractivity contribution in [2.24, 2.45) is 0 Å². The molecule has 3 aromatic heterocycles. The van der Waals surface area contributed by atoms with Crippen molar-refractivity contribution in [2.75, 3.05) is 0 Å². The Morgan fingerprint density at radius 1 is 1.38 bits per heavy atom. The van der Waals surface area contributed by atoms with Crippen LogP contribution in [0.3, 0.4) is 0 Å². The first-order valence-electron chi connectivity index (χ1n) is 5.94. The van der Waals surface area contributed by atoms with Crippen molar-refractivity contribution in [3.05, 3.63) is 57.9 Å². The first-order valence-corrected chi connectivity index (χ1v) is 6.82. The second kappa shape index (κ2) is 5.71. The summed E-state index contributed by atoms with van der Waals surface area (Å²) in [6.07, 6.45) is 2.81. The maximum absolute atomic E-state index is 10.8. The standard InChI is InChI=1S/C13H9N3O4S/c17-16(18)12-10(3-1-5-14-12)19-7-9-8-20-13(15-9)11-4-2-6-21-11/h1-6,8H,7H2. The maximum atomic E-state index is 10.8. The molecule has 0 saturated carbocycles. The van der Waals surface area contributed by atoms with E-state index in [1.807, 2.05) is 17.5 Å². The second-order valence-electron chi connectivity index (χ2n) is 3.99. The van der Waals surface area contributed by atoms with E-state index in [0.717, 1.165) is 4.88 Å². The summed E-state index contributed by atoms with van der Waals surface area (Å²) in [4.78, 5) is 19.1. The SMILES string of the molecule is O=[N+]([O-])c1ncccc1OCc1coc(-c2cccs2)n1. The first-order chi connectivity index (χ1) is 10.2. The van der Waals surface area contributed by atoms with E-state index in [9.17, 15) is 10.1 Å². The van der Waals surface area contributed by atoms with Crippen LogP contribution in [0.2, 0.25) is 0 Å². The second-order valence-corrected chi connectivity index (χ2v) is 4.94. The molecule has 0 aliphatic heterocycles. The third kappa shape index (κ3) is 2.90. The zero-order valence-electron chi connectivity index (χ0n) is 10.6. The van der Waals surface area contributed by atoms with E-state index in [4.69, 9.17) is 9.15 Å². The van der Waals surface area contributed by atoms with Gasteiger partial charge in [0.2, 0.25) is 11.6 Å². The summed E-state index contributed by atoms with van der Waals surface area (Å²) in [5, 5.41) is 12.7. The molecule has 0 fully saturated rings. The van der Waals surface area contributed by atoms with Crippen LogP contribution >= 0.6 is 11.3 Å². The van der Waals surface area contributed by atoms with Gasteiger partial charge in [-0.1, -0.05) is 6.07 Å². The van der Waals surface area contributed by atoms with Crippen molar-refractivity contribution in [2.45, 2.75) is 6.61 Å². The molecule has 0 radical (unpaired) electrons. The quantitative estimate of drug-likeness (QED) is 0.530. The Balaban J connectivity index is 1.73. The van der Waals surface area contributed by atoms with Gasteiger partial charge in [-0.3, -0.25) is 0 Å². The van der Waals surface area contributed by atoms with Crippen LogP contribution in [-0.4, -0.2) is 14.9 Å². The molecule has 0 unspecified atom stereocenters. The van der Waals surface area contributed by atoms with Crippen molar-refractivity contribution in [1.29, 1.82) is 0 Å². The molecule has 0 aliphatic rings. The Hall–Kier alpha value is -2.74. The van der Waals surface area contributed by atoms with Crippen LogP contribution < -0.4 is 4.74 Å². The van der Waals surface area contributed by atoms with Crippen LogP contribution in [0, 0.1) is 10.1 Å². The van der Waals surface area contributed by atoms with E-state index in [-0.39, 0.29) is 18.2 Å². The highest BCUT2D eigenvalue weighted by molar-refractivity contribution is 7.13. The molecule has 0 amide bonds. The van der Waals surface area contributed by atoms with Gasteiger partial charge in [0.1, 0.15) is 24.8 Å². The minimum Gasteiger partial charge on any atom is -0.479 e. The lowest BCUT2D eigenvalue weighted by Gasteiger charge is -2.03. The molecule has 0 aliphatic carbocycles. The predicted octanol–water partition coefficient (Wildman–Crippen LogP) is 3.29. The largest absolute Gasteiger partial charge is 0.479 e. The highest BCUT2D eigenvalue weighted by Crippen LogP contribution is 2.26. The molecule has 0 saturated heterocycles. The van der Waals surface area contributed by atoms with Gasteiger partial charge in [-0.15, -0.1) is 11.3 Å². The number of nitrogens with zero attached hydrogens (tertiary/aromatic N) is 3. The van der Waals surface area contributed by atoms with Crippen LogP contribution in [0.15, 0.2) is 46.5 Å². The highest BCUT2D eigenvalue weighted by Gasteiger charge is 2.16. The van der Waals surface area contributed by atoms with Gasteiger partial charge in [0.25, 0.3) is 0 Å². The lowest BCUT2D eigenvalue weighted by molar-refractivity contribution is -0.390. The Morgan fingerprint density at radius 2 is 2.29 bits per heavy atom. The monoisotopic (exact) mass is 303 g/mol. The Labute approximate surface area is 123 Å². The van der Waals surface area contributed by atoms with E-state index in [1.54, 1.807) is 6.07 Å². The highest BCUT2D eigenvalue weighted by atomic mass is 32.1. The number of ether oxygens (including phenoxy) is 1. The molecule has 7 nitrogen and oxygen atoms in total. The van der Waals surface area contributed by atoms with Crippen molar-refractivity contribution in [1.82, 2.24) is 9.97 Å². The molecule has 0 N–H and O–H groups in total. The number of thiophene rings is 1. The van der Waals surface area contributed by atoms with Gasteiger partial charge in [0.05, 0.1) is 4.88 Å². The van der Waals surface area contributed by atoms with Crippen LogP contribution in [0.4, 0.5) is 5.82 Å².